The molecule has 0 atom stereocenters. The van der Waals surface area contributed by atoms with E-state index in [0.717, 1.165) is 23.4 Å². The standard InChI is InChI=1S/C39H39N3O4S2/c43-48(44,33-10-2-1-3-11-33)40-36-29-30(14-19-37(36)46-27-25-42-22-8-9-23-42)28-35-34-12-4-5-13-38(34)47-39(35)31-15-17-32(18-16-31)45-26-24-41-20-6-7-21-41/h1-5,8-19,22-23,29,40H,6-7,20-21,24-28H2. The number of likely N-dealkylation sites (tertiary alicyclic amines) is 1. The lowest BCUT2D eigenvalue weighted by Crippen LogP contribution is -2.25. The monoisotopic (exact) mass is 677 g/mol. The topological polar surface area (TPSA) is 72.8 Å². The van der Waals surface area contributed by atoms with Crippen molar-refractivity contribution in [3.05, 3.63) is 133 Å². The summed E-state index contributed by atoms with van der Waals surface area (Å²) < 4.78 is 45.2. The van der Waals surface area contributed by atoms with Crippen LogP contribution in [0.25, 0.3) is 20.5 Å². The van der Waals surface area contributed by atoms with E-state index in [0.29, 0.717) is 37.6 Å². The zero-order valence-electron chi connectivity index (χ0n) is 26.8. The van der Waals surface area contributed by atoms with Crippen LogP contribution in [0.4, 0.5) is 5.69 Å². The maximum absolute atomic E-state index is 13.4. The van der Waals surface area contributed by atoms with Crippen LogP contribution >= 0.6 is 11.3 Å². The number of rotatable bonds is 14. The molecule has 0 radical (unpaired) electrons. The lowest BCUT2D eigenvalue weighted by molar-refractivity contribution is 0.238. The summed E-state index contributed by atoms with van der Waals surface area (Å²) in [6.07, 6.45) is 7.14. The first kappa shape index (κ1) is 32.0. The second-order valence-electron chi connectivity index (χ2n) is 12.0. The van der Waals surface area contributed by atoms with Crippen LogP contribution in [0.15, 0.2) is 126 Å². The zero-order valence-corrected chi connectivity index (χ0v) is 28.4. The largest absolute Gasteiger partial charge is 0.492 e. The SMILES string of the molecule is O=S(=O)(Nc1cc(Cc2c(-c3ccc(OCCN4CCCC4)cc3)sc3ccccc23)ccc1OCCn1cccc1)c1ccccc1. The van der Waals surface area contributed by atoms with Crippen LogP contribution in [0.5, 0.6) is 11.5 Å². The number of sulfonamides is 1. The molecular weight excluding hydrogens is 639 g/mol. The number of thiophene rings is 1. The second kappa shape index (κ2) is 14.7. The van der Waals surface area contributed by atoms with Crippen LogP contribution in [-0.2, 0) is 23.0 Å². The Morgan fingerprint density at radius 2 is 1.48 bits per heavy atom. The minimum Gasteiger partial charge on any atom is -0.492 e. The number of hydrogen-bond donors (Lipinski definition) is 1. The molecule has 0 amide bonds. The van der Waals surface area contributed by atoms with Gasteiger partial charge in [-0.05, 0) is 121 Å². The highest BCUT2D eigenvalue weighted by atomic mass is 32.2. The van der Waals surface area contributed by atoms with E-state index in [1.54, 1.807) is 41.7 Å². The predicted molar refractivity (Wildman–Crippen MR) is 195 cm³/mol. The first-order chi connectivity index (χ1) is 23.5. The molecule has 0 spiro atoms. The van der Waals surface area contributed by atoms with Crippen LogP contribution in [-0.4, -0.2) is 50.7 Å². The molecule has 9 heteroatoms. The molecule has 1 saturated heterocycles. The third kappa shape index (κ3) is 7.59. The van der Waals surface area contributed by atoms with Crippen molar-refractivity contribution in [3.8, 4) is 21.9 Å². The van der Waals surface area contributed by atoms with E-state index in [2.05, 4.69) is 58.2 Å². The molecule has 0 unspecified atom stereocenters. The lowest BCUT2D eigenvalue weighted by Gasteiger charge is -2.16. The molecule has 48 heavy (non-hydrogen) atoms. The van der Waals surface area contributed by atoms with Crippen LogP contribution in [0.3, 0.4) is 0 Å². The summed E-state index contributed by atoms with van der Waals surface area (Å²) in [5.41, 5.74) is 3.73. The number of benzene rings is 4. The van der Waals surface area contributed by atoms with E-state index >= 15 is 0 Å². The van der Waals surface area contributed by atoms with Crippen molar-refractivity contribution in [3.63, 3.8) is 0 Å². The first-order valence-corrected chi connectivity index (χ1v) is 18.7. The second-order valence-corrected chi connectivity index (χ2v) is 14.8. The maximum Gasteiger partial charge on any atom is 0.262 e. The average Bonchev–Trinajstić information content (AvgIpc) is 3.89. The smallest absolute Gasteiger partial charge is 0.262 e. The summed E-state index contributed by atoms with van der Waals surface area (Å²) in [6, 6.07) is 35.0. The molecule has 6 aromatic rings. The molecule has 7 nitrogen and oxygen atoms in total. The van der Waals surface area contributed by atoms with E-state index in [1.165, 1.54) is 46.5 Å². The van der Waals surface area contributed by atoms with Gasteiger partial charge in [-0.15, -0.1) is 11.3 Å². The molecule has 1 fully saturated rings. The van der Waals surface area contributed by atoms with Crippen molar-refractivity contribution >= 4 is 37.1 Å². The van der Waals surface area contributed by atoms with Crippen LogP contribution in [0.1, 0.15) is 24.0 Å². The minimum absolute atomic E-state index is 0.197. The van der Waals surface area contributed by atoms with Gasteiger partial charge >= 0.3 is 0 Å². The van der Waals surface area contributed by atoms with Gasteiger partial charge < -0.3 is 14.0 Å². The molecule has 0 bridgehead atoms. The molecule has 3 heterocycles. The van der Waals surface area contributed by atoms with Crippen LogP contribution in [0, 0.1) is 0 Å². The van der Waals surface area contributed by atoms with Gasteiger partial charge in [-0.3, -0.25) is 9.62 Å². The summed E-state index contributed by atoms with van der Waals surface area (Å²) in [5.74, 6) is 1.37. The number of ether oxygens (including phenoxy) is 2. The summed E-state index contributed by atoms with van der Waals surface area (Å²) >= 11 is 1.78. The number of anilines is 1. The summed E-state index contributed by atoms with van der Waals surface area (Å²) in [4.78, 5) is 3.85. The molecule has 246 valence electrons. The van der Waals surface area contributed by atoms with Gasteiger partial charge in [0.25, 0.3) is 10.0 Å². The van der Waals surface area contributed by atoms with Crippen LogP contribution < -0.4 is 14.2 Å². The van der Waals surface area contributed by atoms with E-state index < -0.39 is 10.0 Å². The highest BCUT2D eigenvalue weighted by Gasteiger charge is 2.19. The average molecular weight is 678 g/mol. The van der Waals surface area contributed by atoms with Crippen molar-refractivity contribution < 1.29 is 17.9 Å². The summed E-state index contributed by atoms with van der Waals surface area (Å²) in [6.45, 7) is 5.03. The molecule has 1 N–H and O–H groups in total. The highest BCUT2D eigenvalue weighted by Crippen LogP contribution is 2.41. The predicted octanol–water partition coefficient (Wildman–Crippen LogP) is 8.32. The van der Waals surface area contributed by atoms with Crippen LogP contribution in [0.2, 0.25) is 0 Å². The number of aromatic nitrogens is 1. The Kier molecular flexibility index (Phi) is 9.79. The Labute approximate surface area is 286 Å². The van der Waals surface area contributed by atoms with Crippen molar-refractivity contribution in [2.45, 2.75) is 30.7 Å². The first-order valence-electron chi connectivity index (χ1n) is 16.4. The van der Waals surface area contributed by atoms with Gasteiger partial charge in [-0.2, -0.15) is 0 Å². The van der Waals surface area contributed by atoms with Gasteiger partial charge in [-0.25, -0.2) is 8.42 Å². The molecule has 7 rings (SSSR count). The van der Waals surface area contributed by atoms with Gasteiger partial charge in [-0.1, -0.05) is 42.5 Å². The number of nitrogens with one attached hydrogen (secondary N) is 1. The third-order valence-corrected chi connectivity index (χ3v) is 11.3. The fraction of sp³-hybridized carbons (Fsp3) is 0.231. The van der Waals surface area contributed by atoms with Gasteiger partial charge in [0.05, 0.1) is 17.1 Å². The Morgan fingerprint density at radius 3 is 2.27 bits per heavy atom. The number of hydrogen-bond acceptors (Lipinski definition) is 6. The van der Waals surface area contributed by atoms with Crippen molar-refractivity contribution in [1.29, 1.82) is 0 Å². The lowest BCUT2D eigenvalue weighted by atomic mass is 9.98. The van der Waals surface area contributed by atoms with Gasteiger partial charge in [0, 0.05) is 28.5 Å². The molecular formula is C39H39N3O4S2. The normalized spacial score (nSPS) is 13.6. The fourth-order valence-corrected chi connectivity index (χ4v) is 8.50. The molecule has 0 aliphatic carbocycles. The Morgan fingerprint density at radius 1 is 0.750 bits per heavy atom. The van der Waals surface area contributed by atoms with Crippen molar-refractivity contribution in [1.82, 2.24) is 9.47 Å². The molecule has 4 aromatic carbocycles. The fourth-order valence-electron chi connectivity index (χ4n) is 6.19. The molecule has 1 aliphatic rings. The molecule has 1 aliphatic heterocycles. The maximum atomic E-state index is 13.4. The van der Waals surface area contributed by atoms with E-state index in [9.17, 15) is 8.42 Å². The quantitative estimate of drug-likeness (QED) is 0.126. The van der Waals surface area contributed by atoms with Gasteiger partial charge in [0.1, 0.15) is 24.7 Å². The van der Waals surface area contributed by atoms with E-state index in [4.69, 9.17) is 9.47 Å². The highest BCUT2D eigenvalue weighted by molar-refractivity contribution is 7.92. The number of nitrogens with zero attached hydrogens (tertiary/aromatic N) is 2. The van der Waals surface area contributed by atoms with Crippen molar-refractivity contribution in [2.75, 3.05) is 37.6 Å². The molecule has 2 aromatic heterocycles. The Balaban J connectivity index is 1.16. The minimum atomic E-state index is -3.83. The Hall–Kier alpha value is -4.57. The van der Waals surface area contributed by atoms with E-state index in [-0.39, 0.29) is 4.90 Å². The van der Waals surface area contributed by atoms with Gasteiger partial charge in [0.2, 0.25) is 0 Å². The van der Waals surface area contributed by atoms with Gasteiger partial charge in [0.15, 0.2) is 0 Å². The summed E-state index contributed by atoms with van der Waals surface area (Å²) in [5, 5.41) is 1.20. The number of fused-ring (bicyclic) bond motifs is 1. The zero-order chi connectivity index (χ0) is 32.8. The third-order valence-electron chi connectivity index (χ3n) is 8.69. The molecule has 0 saturated carbocycles. The van der Waals surface area contributed by atoms with E-state index in [1.807, 2.05) is 47.3 Å². The van der Waals surface area contributed by atoms with Crippen molar-refractivity contribution in [2.24, 2.45) is 0 Å². The summed E-state index contributed by atoms with van der Waals surface area (Å²) in [7, 11) is -3.83. The Bertz CT molecular complexity index is 2050.